The number of nitrogens with zero attached hydrogens (tertiary/aromatic N) is 5. The molecule has 0 spiro atoms. The number of benzene rings is 3. The van der Waals surface area contributed by atoms with Crippen LogP contribution < -0.4 is 26.0 Å². The van der Waals surface area contributed by atoms with E-state index >= 15 is 0 Å². The summed E-state index contributed by atoms with van der Waals surface area (Å²) in [4.78, 5) is 11.9. The van der Waals surface area contributed by atoms with Gasteiger partial charge in [0.15, 0.2) is 5.69 Å². The average Bonchev–Trinajstić information content (AvgIpc) is 3.46. The van der Waals surface area contributed by atoms with E-state index in [2.05, 4.69) is 20.6 Å². The Kier molecular flexibility index (Phi) is 8.93. The molecule has 0 aliphatic carbocycles. The largest absolute Gasteiger partial charge is 0.492 e. The van der Waals surface area contributed by atoms with E-state index < -0.39 is 11.9 Å². The molecule has 14 heteroatoms. The van der Waals surface area contributed by atoms with E-state index in [0.29, 0.717) is 40.0 Å². The van der Waals surface area contributed by atoms with Crippen molar-refractivity contribution in [2.75, 3.05) is 55.3 Å². The topological polar surface area (TPSA) is 130 Å². The van der Waals surface area contributed by atoms with E-state index in [9.17, 15) is 13.2 Å². The number of nitrogens with one attached hydrogen (secondary N) is 3. The monoisotopic (exact) mass is 663 g/mol. The molecule has 10 nitrogen and oxygen atoms in total. The second kappa shape index (κ2) is 13.1. The molecule has 0 amide bonds. The molecule has 5 aromatic rings. The lowest BCUT2D eigenvalue weighted by Crippen LogP contribution is -2.44. The number of anilines is 3. The van der Waals surface area contributed by atoms with Crippen LogP contribution in [0.1, 0.15) is 22.4 Å². The molecule has 0 saturated carbocycles. The number of nitrogens with two attached hydrogens (primary N) is 1. The lowest BCUT2D eigenvalue weighted by Gasteiger charge is -2.29. The zero-order valence-electron chi connectivity index (χ0n) is 25.7. The quantitative estimate of drug-likeness (QED) is 0.0827. The fourth-order valence-corrected chi connectivity index (χ4v) is 6.02. The fourth-order valence-electron chi connectivity index (χ4n) is 5.76. The molecule has 0 bridgehead atoms. The summed E-state index contributed by atoms with van der Waals surface area (Å²) in [5.41, 5.74) is 9.92. The number of fused-ring (bicyclic) bond motifs is 1. The smallest absolute Gasteiger partial charge is 0.433 e. The fraction of sp³-hybridized carbons (Fsp3) is 0.273. The van der Waals surface area contributed by atoms with Crippen LogP contribution >= 0.6 is 11.6 Å². The highest BCUT2D eigenvalue weighted by Crippen LogP contribution is 2.39. The molecule has 1 aliphatic heterocycles. The van der Waals surface area contributed by atoms with Gasteiger partial charge in [0.2, 0.25) is 5.95 Å². The number of aromatic nitrogens is 4. The molecule has 2 aromatic heterocycles. The number of aryl methyl sites for hydroxylation is 2. The molecular weight excluding hydrogens is 631 g/mol. The lowest BCUT2D eigenvalue weighted by atomic mass is 9.93. The van der Waals surface area contributed by atoms with Crippen LogP contribution in [0, 0.1) is 19.3 Å². The predicted octanol–water partition coefficient (Wildman–Crippen LogP) is 6.25. The molecule has 3 aromatic carbocycles. The van der Waals surface area contributed by atoms with Crippen molar-refractivity contribution in [3.63, 3.8) is 0 Å². The van der Waals surface area contributed by atoms with Gasteiger partial charge < -0.3 is 31.4 Å². The first-order valence-corrected chi connectivity index (χ1v) is 15.4. The molecule has 5 N–H and O–H groups in total. The highest BCUT2D eigenvalue weighted by Gasteiger charge is 2.37. The summed E-state index contributed by atoms with van der Waals surface area (Å²) in [6.45, 7) is 7.09. The molecule has 0 radical (unpaired) electrons. The zero-order chi connectivity index (χ0) is 33.3. The summed E-state index contributed by atoms with van der Waals surface area (Å²) in [7, 11) is 0. The second-order valence-corrected chi connectivity index (χ2v) is 11.6. The van der Waals surface area contributed by atoms with Crippen LogP contribution in [-0.4, -0.2) is 65.3 Å². The van der Waals surface area contributed by atoms with Gasteiger partial charge >= 0.3 is 6.18 Å². The van der Waals surface area contributed by atoms with Gasteiger partial charge in [0.05, 0.1) is 23.9 Å². The summed E-state index contributed by atoms with van der Waals surface area (Å²) in [6, 6.07) is 13.7. The van der Waals surface area contributed by atoms with Crippen LogP contribution in [-0.2, 0) is 6.18 Å². The molecule has 1 aliphatic rings. The van der Waals surface area contributed by atoms with Crippen LogP contribution in [0.4, 0.5) is 30.6 Å². The Morgan fingerprint density at radius 3 is 2.51 bits per heavy atom. The Morgan fingerprint density at radius 2 is 1.81 bits per heavy atom. The van der Waals surface area contributed by atoms with Crippen molar-refractivity contribution in [1.29, 1.82) is 5.41 Å². The van der Waals surface area contributed by atoms with Gasteiger partial charge in [-0.05, 0) is 73.0 Å². The van der Waals surface area contributed by atoms with Crippen LogP contribution in [0.15, 0.2) is 54.7 Å². The van der Waals surface area contributed by atoms with Crippen molar-refractivity contribution in [3.8, 4) is 22.6 Å². The summed E-state index contributed by atoms with van der Waals surface area (Å²) < 4.78 is 47.3. The van der Waals surface area contributed by atoms with Crippen molar-refractivity contribution < 1.29 is 17.9 Å². The Balaban J connectivity index is 1.24. The van der Waals surface area contributed by atoms with Gasteiger partial charge in [0.25, 0.3) is 0 Å². The number of hydrogen-bond donors (Lipinski definition) is 4. The van der Waals surface area contributed by atoms with E-state index in [1.807, 2.05) is 25.1 Å². The van der Waals surface area contributed by atoms with Gasteiger partial charge in [0, 0.05) is 59.6 Å². The maximum Gasteiger partial charge on any atom is 0.433 e. The first kappa shape index (κ1) is 32.1. The Morgan fingerprint density at radius 1 is 1.06 bits per heavy atom. The minimum absolute atomic E-state index is 0.0511. The van der Waals surface area contributed by atoms with Gasteiger partial charge in [-0.1, -0.05) is 17.7 Å². The van der Waals surface area contributed by atoms with E-state index in [1.54, 1.807) is 18.2 Å². The molecule has 0 unspecified atom stereocenters. The number of alkyl halides is 3. The van der Waals surface area contributed by atoms with Crippen LogP contribution in [0.2, 0.25) is 5.02 Å². The minimum Gasteiger partial charge on any atom is -0.492 e. The molecule has 244 valence electrons. The first-order valence-electron chi connectivity index (χ1n) is 15.0. The van der Waals surface area contributed by atoms with Crippen LogP contribution in [0.5, 0.6) is 5.75 Å². The number of piperazine rings is 1. The third-order valence-corrected chi connectivity index (χ3v) is 8.35. The van der Waals surface area contributed by atoms with E-state index in [1.165, 1.54) is 31.5 Å². The zero-order valence-corrected chi connectivity index (χ0v) is 26.5. The summed E-state index contributed by atoms with van der Waals surface area (Å²) in [6.07, 6.45) is -2.09. The molecule has 0 atom stereocenters. The van der Waals surface area contributed by atoms with E-state index in [0.717, 1.165) is 58.8 Å². The van der Waals surface area contributed by atoms with E-state index in [4.69, 9.17) is 37.4 Å². The first-order chi connectivity index (χ1) is 22.5. The van der Waals surface area contributed by atoms with Gasteiger partial charge in [-0.25, -0.2) is 9.67 Å². The maximum atomic E-state index is 13.5. The number of hydrogen-bond acceptors (Lipinski definition) is 9. The second-order valence-electron chi connectivity index (χ2n) is 11.2. The van der Waals surface area contributed by atoms with Crippen molar-refractivity contribution in [3.05, 3.63) is 82.1 Å². The predicted molar refractivity (Wildman–Crippen MR) is 179 cm³/mol. The lowest BCUT2D eigenvalue weighted by molar-refractivity contribution is -0.143. The average molecular weight is 664 g/mol. The van der Waals surface area contributed by atoms with Crippen molar-refractivity contribution in [1.82, 2.24) is 25.1 Å². The molecular formula is C33H33ClF3N9O. The summed E-state index contributed by atoms with van der Waals surface area (Å²) >= 11 is 6.89. The summed E-state index contributed by atoms with van der Waals surface area (Å²) in [5, 5.41) is 19.8. The van der Waals surface area contributed by atoms with Gasteiger partial charge in [0.1, 0.15) is 18.2 Å². The molecule has 6 rings (SSSR count). The number of halogens is 4. The van der Waals surface area contributed by atoms with Gasteiger partial charge in [-0.15, -0.1) is 0 Å². The SMILES string of the molecule is Cc1ccc(N)c(C=N)c1-c1cc2nc(NCCOc3ccc(-n4ncc(C)c4C(F)(F)F)cc3)nc(N3CCNCC3)c2cc1Cl. The van der Waals surface area contributed by atoms with Crippen molar-refractivity contribution in [2.45, 2.75) is 20.0 Å². The number of nitrogen functional groups attached to an aromatic ring is 1. The van der Waals surface area contributed by atoms with Gasteiger partial charge in [-0.2, -0.15) is 23.3 Å². The third kappa shape index (κ3) is 6.54. The van der Waals surface area contributed by atoms with Crippen molar-refractivity contribution in [2.24, 2.45) is 0 Å². The minimum atomic E-state index is -4.52. The normalized spacial score (nSPS) is 13.6. The molecule has 1 fully saturated rings. The molecule has 1 saturated heterocycles. The molecule has 47 heavy (non-hydrogen) atoms. The Hall–Kier alpha value is -4.88. The highest BCUT2D eigenvalue weighted by molar-refractivity contribution is 6.34. The Bertz CT molecular complexity index is 1940. The van der Waals surface area contributed by atoms with Crippen LogP contribution in [0.25, 0.3) is 27.7 Å². The third-order valence-electron chi connectivity index (χ3n) is 8.04. The van der Waals surface area contributed by atoms with Crippen molar-refractivity contribution >= 4 is 46.2 Å². The van der Waals surface area contributed by atoms with Crippen LogP contribution in [0.3, 0.4) is 0 Å². The van der Waals surface area contributed by atoms with E-state index in [-0.39, 0.29) is 17.9 Å². The number of ether oxygens (including phenoxy) is 1. The number of rotatable bonds is 9. The molecule has 3 heterocycles. The Labute approximate surface area is 274 Å². The standard InChI is InChI=1S/C33H33ClF3N9O/c1-19-3-8-27(39)25(17-38)29(19)23-16-28-24(15-26(23)34)31(45-12-9-40-10-13-45)44-32(43-28)41-11-14-47-22-6-4-21(5-7-22)46-30(33(35,36)37)20(2)18-42-46/h3-8,15-18,38,40H,9-14,39H2,1-2H3,(H,41,43,44). The summed E-state index contributed by atoms with van der Waals surface area (Å²) in [5.74, 6) is 1.66. The van der Waals surface area contributed by atoms with Gasteiger partial charge in [-0.3, -0.25) is 0 Å². The highest BCUT2D eigenvalue weighted by atomic mass is 35.5. The maximum absolute atomic E-state index is 13.5.